The molecule has 0 amide bonds. The third-order valence-corrected chi connectivity index (χ3v) is 4.04. The van der Waals surface area contributed by atoms with E-state index in [1.165, 1.54) is 27.8 Å². The van der Waals surface area contributed by atoms with Gasteiger partial charge in [0.2, 0.25) is 0 Å². The second-order valence-electron chi connectivity index (χ2n) is 5.66. The second kappa shape index (κ2) is 15.1. The van der Waals surface area contributed by atoms with Crippen LogP contribution < -0.4 is 0 Å². The molecule has 0 spiro atoms. The maximum atomic E-state index is 6.60. The minimum Gasteiger partial charge on any atom is -0.677 e. The van der Waals surface area contributed by atoms with Gasteiger partial charge in [-0.25, -0.2) is 0 Å². The molecule has 1 unspecified atom stereocenters. The number of hydrogen-bond donors (Lipinski definition) is 0. The van der Waals surface area contributed by atoms with E-state index in [1.807, 2.05) is 0 Å². The number of hydrogen-bond acceptors (Lipinski definition) is 0. The third kappa shape index (κ3) is 7.80. The first-order chi connectivity index (χ1) is 10.1. The van der Waals surface area contributed by atoms with Crippen molar-refractivity contribution in [3.05, 3.63) is 64.8 Å². The first kappa shape index (κ1) is 28.6. The van der Waals surface area contributed by atoms with Crippen molar-refractivity contribution >= 4 is 30.4 Å². The molecule has 0 radical (unpaired) electrons. The standard InChI is InChI=1S/C16H19.C4H10N.2ClH.Ti/c1-5-14-8-6-7-9-15(14)16-12(3)10-11(2)13(16)4;1-2-3-4-5;;;/h5-10,12H,1-4H3;5H,2-4H2,1H3;2*1H;/q2*-1;;;+2. The zero-order valence-corrected chi connectivity index (χ0v) is 18.7. The van der Waals surface area contributed by atoms with Crippen LogP contribution >= 0.6 is 24.8 Å². The van der Waals surface area contributed by atoms with Crippen LogP contribution in [0.5, 0.6) is 0 Å². The van der Waals surface area contributed by atoms with Gasteiger partial charge in [-0.15, -0.1) is 42.5 Å². The molecule has 1 N–H and O–H groups in total. The van der Waals surface area contributed by atoms with Crippen molar-refractivity contribution in [3.63, 3.8) is 0 Å². The Bertz CT molecular complexity index is 522. The van der Waals surface area contributed by atoms with Gasteiger partial charge >= 0.3 is 21.7 Å². The van der Waals surface area contributed by atoms with E-state index >= 15 is 0 Å². The van der Waals surface area contributed by atoms with Gasteiger partial charge in [0.05, 0.1) is 0 Å². The number of benzene rings is 1. The summed E-state index contributed by atoms with van der Waals surface area (Å²) in [5, 5.41) is 0. The van der Waals surface area contributed by atoms with Gasteiger partial charge in [-0.1, -0.05) is 62.5 Å². The predicted octanol–water partition coefficient (Wildman–Crippen LogP) is 7.31. The van der Waals surface area contributed by atoms with Crippen LogP contribution in [0.4, 0.5) is 0 Å². The second-order valence-corrected chi connectivity index (χ2v) is 5.66. The topological polar surface area (TPSA) is 23.8 Å². The Morgan fingerprint density at radius 1 is 1.12 bits per heavy atom. The van der Waals surface area contributed by atoms with E-state index in [2.05, 4.69) is 71.4 Å². The molecule has 0 aromatic heterocycles. The maximum Gasteiger partial charge on any atom is 2.00 e. The van der Waals surface area contributed by atoms with E-state index in [1.54, 1.807) is 0 Å². The minimum absolute atomic E-state index is 0. The molecule has 134 valence electrons. The number of halogens is 2. The number of allylic oxidation sites excluding steroid dienone is 4. The zero-order valence-electron chi connectivity index (χ0n) is 15.5. The predicted molar refractivity (Wildman–Crippen MR) is 110 cm³/mol. The molecule has 1 aromatic rings. The van der Waals surface area contributed by atoms with Crippen molar-refractivity contribution < 1.29 is 21.7 Å². The Balaban J connectivity index is -0.000000490. The minimum atomic E-state index is 0. The summed E-state index contributed by atoms with van der Waals surface area (Å²) in [6.45, 7) is 11.5. The van der Waals surface area contributed by atoms with E-state index in [9.17, 15) is 0 Å². The molecule has 1 nitrogen and oxygen atoms in total. The largest absolute Gasteiger partial charge is 2.00 e. The first-order valence-corrected chi connectivity index (χ1v) is 7.99. The summed E-state index contributed by atoms with van der Waals surface area (Å²) >= 11 is 0. The van der Waals surface area contributed by atoms with Gasteiger partial charge in [-0.2, -0.15) is 24.6 Å². The van der Waals surface area contributed by atoms with Gasteiger partial charge < -0.3 is 5.73 Å². The Morgan fingerprint density at radius 2 is 1.71 bits per heavy atom. The van der Waals surface area contributed by atoms with E-state index in [4.69, 9.17) is 5.73 Å². The van der Waals surface area contributed by atoms with E-state index in [0.29, 0.717) is 12.5 Å². The van der Waals surface area contributed by atoms with Gasteiger partial charge in [0, 0.05) is 0 Å². The molecule has 1 aliphatic rings. The molecular weight excluding hydrogens is 373 g/mol. The number of unbranched alkanes of at least 4 members (excludes halogenated alkanes) is 1. The monoisotopic (exact) mass is 403 g/mol. The Hall–Kier alpha value is -0.176. The van der Waals surface area contributed by atoms with Gasteiger partial charge in [-0.05, 0) is 19.8 Å². The van der Waals surface area contributed by atoms with Crippen LogP contribution in [-0.2, 0) is 21.7 Å². The van der Waals surface area contributed by atoms with Gasteiger partial charge in [0.15, 0.2) is 0 Å². The molecule has 1 aromatic carbocycles. The van der Waals surface area contributed by atoms with Crippen LogP contribution in [0.25, 0.3) is 11.3 Å². The van der Waals surface area contributed by atoms with Crippen LogP contribution in [0, 0.1) is 12.3 Å². The normalized spacial score (nSPS) is 15.1. The van der Waals surface area contributed by atoms with Crippen molar-refractivity contribution in [2.75, 3.05) is 6.54 Å². The van der Waals surface area contributed by atoms with Gasteiger partial charge in [-0.3, -0.25) is 0 Å². The van der Waals surface area contributed by atoms with Gasteiger partial charge in [0.1, 0.15) is 0 Å². The summed E-state index contributed by atoms with van der Waals surface area (Å²) in [5.74, 6) is 0.543. The molecule has 4 heteroatoms. The summed E-state index contributed by atoms with van der Waals surface area (Å²) in [6.07, 6.45) is 6.76. The molecule has 24 heavy (non-hydrogen) atoms. The average molecular weight is 404 g/mol. The molecule has 0 saturated carbocycles. The SMILES string of the molecule is CCCC[NH-].C[CH-]c1ccccc1C1=C(C)C(C)=CC1C.Cl.Cl.[Ti+2]. The molecule has 1 aliphatic carbocycles. The van der Waals surface area contributed by atoms with E-state index in [-0.39, 0.29) is 46.5 Å². The summed E-state index contributed by atoms with van der Waals surface area (Å²) in [6, 6.07) is 8.66. The molecule has 1 atom stereocenters. The van der Waals surface area contributed by atoms with Crippen molar-refractivity contribution in [2.24, 2.45) is 5.92 Å². The van der Waals surface area contributed by atoms with Crippen LogP contribution in [0.2, 0.25) is 0 Å². The quantitative estimate of drug-likeness (QED) is 0.371. The van der Waals surface area contributed by atoms with E-state index < -0.39 is 0 Å². The van der Waals surface area contributed by atoms with Crippen LogP contribution in [0.15, 0.2) is 41.5 Å². The maximum absolute atomic E-state index is 6.60. The average Bonchev–Trinajstić information content (AvgIpc) is 2.73. The van der Waals surface area contributed by atoms with Crippen LogP contribution in [0.3, 0.4) is 0 Å². The summed E-state index contributed by atoms with van der Waals surface area (Å²) in [7, 11) is 0. The molecule has 2 rings (SSSR count). The van der Waals surface area contributed by atoms with E-state index in [0.717, 1.165) is 12.8 Å². The van der Waals surface area contributed by atoms with Crippen molar-refractivity contribution in [1.82, 2.24) is 0 Å². The molecule has 0 bridgehead atoms. The molecule has 0 aliphatic heterocycles. The fourth-order valence-electron chi connectivity index (χ4n) is 2.76. The fraction of sp³-hybridized carbons (Fsp3) is 0.450. The third-order valence-electron chi connectivity index (χ3n) is 4.04. The van der Waals surface area contributed by atoms with Crippen molar-refractivity contribution in [3.8, 4) is 0 Å². The van der Waals surface area contributed by atoms with Gasteiger partial charge in [0.25, 0.3) is 0 Å². The van der Waals surface area contributed by atoms with Crippen molar-refractivity contribution in [1.29, 1.82) is 0 Å². The number of rotatable bonds is 4. The Kier molecular flexibility index (Phi) is 18.0. The summed E-state index contributed by atoms with van der Waals surface area (Å²) < 4.78 is 0. The fourth-order valence-corrected chi connectivity index (χ4v) is 2.76. The van der Waals surface area contributed by atoms with Crippen LogP contribution in [0.1, 0.15) is 58.6 Å². The molecular formula is C20H31Cl2NTi. The smallest absolute Gasteiger partial charge is 0.677 e. The summed E-state index contributed by atoms with van der Waals surface area (Å²) in [5.41, 5.74) is 13.7. The van der Waals surface area contributed by atoms with Crippen molar-refractivity contribution in [2.45, 2.75) is 47.5 Å². The molecule has 0 fully saturated rings. The zero-order chi connectivity index (χ0) is 15.8. The summed E-state index contributed by atoms with van der Waals surface area (Å²) in [4.78, 5) is 0. The number of nitrogens with one attached hydrogen (secondary N) is 1. The Labute approximate surface area is 176 Å². The van der Waals surface area contributed by atoms with Crippen LogP contribution in [-0.4, -0.2) is 6.54 Å². The molecule has 0 heterocycles. The Morgan fingerprint density at radius 3 is 2.08 bits per heavy atom. The molecule has 0 saturated heterocycles. The first-order valence-electron chi connectivity index (χ1n) is 7.99.